The molecule has 0 saturated carbocycles. The molecule has 1 saturated heterocycles. The van der Waals surface area contributed by atoms with Crippen LogP contribution in [0.2, 0.25) is 0 Å². The summed E-state index contributed by atoms with van der Waals surface area (Å²) in [5, 5.41) is 3.43. The second kappa shape index (κ2) is 4.62. The number of hydrogen-bond acceptors (Lipinski definition) is 3. The third kappa shape index (κ3) is 2.29. The molecular formula is C12H19N3. The SMILES string of the molecule is CCC1CNCCN1c1ccc(C)cn1. The van der Waals surface area contributed by atoms with Crippen LogP contribution < -0.4 is 10.2 Å². The number of nitrogens with one attached hydrogen (secondary N) is 1. The largest absolute Gasteiger partial charge is 0.351 e. The average Bonchev–Trinajstić information content (AvgIpc) is 2.30. The predicted octanol–water partition coefficient (Wildman–Crippen LogP) is 1.58. The minimum atomic E-state index is 0.592. The first-order valence-electron chi connectivity index (χ1n) is 5.71. The Morgan fingerprint density at radius 2 is 2.40 bits per heavy atom. The molecule has 1 aliphatic heterocycles. The quantitative estimate of drug-likeness (QED) is 0.794. The molecule has 1 aliphatic rings. The van der Waals surface area contributed by atoms with E-state index in [1.54, 1.807) is 0 Å². The van der Waals surface area contributed by atoms with Crippen molar-refractivity contribution in [1.82, 2.24) is 10.3 Å². The number of aryl methyl sites for hydroxylation is 1. The van der Waals surface area contributed by atoms with Gasteiger partial charge in [0, 0.05) is 31.9 Å². The van der Waals surface area contributed by atoms with Gasteiger partial charge < -0.3 is 10.2 Å². The first kappa shape index (κ1) is 10.4. The van der Waals surface area contributed by atoms with Gasteiger partial charge in [-0.15, -0.1) is 0 Å². The maximum Gasteiger partial charge on any atom is 0.128 e. The smallest absolute Gasteiger partial charge is 0.128 e. The number of aromatic nitrogens is 1. The van der Waals surface area contributed by atoms with E-state index in [0.717, 1.165) is 25.5 Å². The van der Waals surface area contributed by atoms with Crippen molar-refractivity contribution >= 4 is 5.82 Å². The maximum atomic E-state index is 4.50. The standard InChI is InChI=1S/C12H19N3/c1-3-11-9-13-6-7-15(11)12-5-4-10(2)8-14-12/h4-5,8,11,13H,3,6-7,9H2,1-2H3. The highest BCUT2D eigenvalue weighted by Gasteiger charge is 2.21. The summed E-state index contributed by atoms with van der Waals surface area (Å²) in [6.07, 6.45) is 3.12. The predicted molar refractivity (Wildman–Crippen MR) is 63.3 cm³/mol. The lowest BCUT2D eigenvalue weighted by Crippen LogP contribution is -2.51. The lowest BCUT2D eigenvalue weighted by molar-refractivity contribution is 0.463. The minimum absolute atomic E-state index is 0.592. The molecule has 1 fully saturated rings. The maximum absolute atomic E-state index is 4.50. The minimum Gasteiger partial charge on any atom is -0.351 e. The van der Waals surface area contributed by atoms with E-state index in [2.05, 4.69) is 41.2 Å². The molecule has 1 N–H and O–H groups in total. The zero-order valence-electron chi connectivity index (χ0n) is 9.53. The Labute approximate surface area is 91.5 Å². The van der Waals surface area contributed by atoms with Crippen LogP contribution in [0.25, 0.3) is 0 Å². The second-order valence-corrected chi connectivity index (χ2v) is 4.15. The van der Waals surface area contributed by atoms with Crippen LogP contribution in [-0.2, 0) is 0 Å². The van der Waals surface area contributed by atoms with Gasteiger partial charge in [0.1, 0.15) is 5.82 Å². The molecule has 3 nitrogen and oxygen atoms in total. The molecule has 2 heterocycles. The zero-order chi connectivity index (χ0) is 10.7. The second-order valence-electron chi connectivity index (χ2n) is 4.15. The Morgan fingerprint density at radius 1 is 1.53 bits per heavy atom. The molecule has 2 rings (SSSR count). The molecule has 82 valence electrons. The molecule has 3 heteroatoms. The Bertz CT molecular complexity index is 307. The highest BCUT2D eigenvalue weighted by atomic mass is 15.3. The molecule has 15 heavy (non-hydrogen) atoms. The van der Waals surface area contributed by atoms with E-state index >= 15 is 0 Å². The van der Waals surface area contributed by atoms with Crippen LogP contribution in [0.4, 0.5) is 5.82 Å². The van der Waals surface area contributed by atoms with Gasteiger partial charge in [-0.1, -0.05) is 13.0 Å². The zero-order valence-corrected chi connectivity index (χ0v) is 9.53. The lowest BCUT2D eigenvalue weighted by atomic mass is 10.1. The summed E-state index contributed by atoms with van der Waals surface area (Å²) in [4.78, 5) is 6.91. The van der Waals surface area contributed by atoms with Gasteiger partial charge in [-0.2, -0.15) is 0 Å². The average molecular weight is 205 g/mol. The van der Waals surface area contributed by atoms with E-state index in [9.17, 15) is 0 Å². The van der Waals surface area contributed by atoms with Crippen LogP contribution >= 0.6 is 0 Å². The summed E-state index contributed by atoms with van der Waals surface area (Å²) in [6, 6.07) is 4.86. The van der Waals surface area contributed by atoms with Crippen LogP contribution in [-0.4, -0.2) is 30.7 Å². The first-order chi connectivity index (χ1) is 7.31. The topological polar surface area (TPSA) is 28.2 Å². The van der Waals surface area contributed by atoms with Crippen molar-refractivity contribution in [2.24, 2.45) is 0 Å². The van der Waals surface area contributed by atoms with Gasteiger partial charge in [0.25, 0.3) is 0 Å². The highest BCUT2D eigenvalue weighted by Crippen LogP contribution is 2.17. The van der Waals surface area contributed by atoms with Crippen molar-refractivity contribution in [1.29, 1.82) is 0 Å². The molecule has 0 aliphatic carbocycles. The van der Waals surface area contributed by atoms with E-state index in [-0.39, 0.29) is 0 Å². The summed E-state index contributed by atoms with van der Waals surface area (Å²) in [5.41, 5.74) is 1.22. The van der Waals surface area contributed by atoms with E-state index in [1.807, 2.05) is 6.20 Å². The van der Waals surface area contributed by atoms with Gasteiger partial charge in [-0.05, 0) is 25.0 Å². The Kier molecular flexibility index (Phi) is 3.21. The molecule has 1 unspecified atom stereocenters. The number of nitrogens with zero attached hydrogens (tertiary/aromatic N) is 2. The molecule has 0 bridgehead atoms. The van der Waals surface area contributed by atoms with Crippen molar-refractivity contribution in [3.63, 3.8) is 0 Å². The van der Waals surface area contributed by atoms with Crippen molar-refractivity contribution in [2.75, 3.05) is 24.5 Å². The van der Waals surface area contributed by atoms with Crippen molar-refractivity contribution < 1.29 is 0 Å². The monoisotopic (exact) mass is 205 g/mol. The number of pyridine rings is 1. The molecule has 1 aromatic heterocycles. The fourth-order valence-electron chi connectivity index (χ4n) is 2.06. The third-order valence-corrected chi connectivity index (χ3v) is 3.01. The van der Waals surface area contributed by atoms with E-state index in [1.165, 1.54) is 12.0 Å². The number of rotatable bonds is 2. The molecular weight excluding hydrogens is 186 g/mol. The summed E-state index contributed by atoms with van der Waals surface area (Å²) in [5.74, 6) is 1.12. The molecule has 1 atom stereocenters. The number of hydrogen-bond donors (Lipinski definition) is 1. The number of anilines is 1. The van der Waals surface area contributed by atoms with E-state index in [4.69, 9.17) is 0 Å². The number of piperazine rings is 1. The molecule has 0 amide bonds. The first-order valence-corrected chi connectivity index (χ1v) is 5.71. The lowest BCUT2D eigenvalue weighted by Gasteiger charge is -2.36. The highest BCUT2D eigenvalue weighted by molar-refractivity contribution is 5.41. The molecule has 0 aromatic carbocycles. The third-order valence-electron chi connectivity index (χ3n) is 3.01. The summed E-state index contributed by atoms with van der Waals surface area (Å²) in [7, 11) is 0. The molecule has 1 aromatic rings. The van der Waals surface area contributed by atoms with Crippen molar-refractivity contribution in [3.8, 4) is 0 Å². The van der Waals surface area contributed by atoms with Crippen LogP contribution in [0.3, 0.4) is 0 Å². The van der Waals surface area contributed by atoms with Crippen LogP contribution in [0.5, 0.6) is 0 Å². The van der Waals surface area contributed by atoms with Gasteiger partial charge in [0.15, 0.2) is 0 Å². The van der Waals surface area contributed by atoms with Crippen LogP contribution in [0.1, 0.15) is 18.9 Å². The fraction of sp³-hybridized carbons (Fsp3) is 0.583. The normalized spacial score (nSPS) is 21.7. The Morgan fingerprint density at radius 3 is 3.07 bits per heavy atom. The van der Waals surface area contributed by atoms with Gasteiger partial charge >= 0.3 is 0 Å². The van der Waals surface area contributed by atoms with Gasteiger partial charge in [-0.3, -0.25) is 0 Å². The van der Waals surface area contributed by atoms with Gasteiger partial charge in [0.05, 0.1) is 0 Å². The van der Waals surface area contributed by atoms with E-state index < -0.39 is 0 Å². The summed E-state index contributed by atoms with van der Waals surface area (Å²) < 4.78 is 0. The fourth-order valence-corrected chi connectivity index (χ4v) is 2.06. The Balaban J connectivity index is 2.16. The van der Waals surface area contributed by atoms with Crippen LogP contribution in [0, 0.1) is 6.92 Å². The molecule has 0 radical (unpaired) electrons. The summed E-state index contributed by atoms with van der Waals surface area (Å²) >= 11 is 0. The van der Waals surface area contributed by atoms with Crippen molar-refractivity contribution in [3.05, 3.63) is 23.9 Å². The van der Waals surface area contributed by atoms with Gasteiger partial charge in [-0.25, -0.2) is 4.98 Å². The summed E-state index contributed by atoms with van der Waals surface area (Å²) in [6.45, 7) is 7.51. The van der Waals surface area contributed by atoms with E-state index in [0.29, 0.717) is 6.04 Å². The Hall–Kier alpha value is -1.09. The van der Waals surface area contributed by atoms with Gasteiger partial charge in [0.2, 0.25) is 0 Å². The van der Waals surface area contributed by atoms with Crippen molar-refractivity contribution in [2.45, 2.75) is 26.3 Å². The van der Waals surface area contributed by atoms with Crippen LogP contribution in [0.15, 0.2) is 18.3 Å². The molecule has 0 spiro atoms.